The predicted molar refractivity (Wildman–Crippen MR) is 136 cm³/mol. The van der Waals surface area contributed by atoms with E-state index in [-0.39, 0.29) is 17.0 Å². The van der Waals surface area contributed by atoms with Crippen LogP contribution >= 0.6 is 0 Å². The largest absolute Gasteiger partial charge is 0.444 e. The number of aromatic amines is 1. The first-order chi connectivity index (χ1) is 16.4. The van der Waals surface area contributed by atoms with Crippen molar-refractivity contribution in [2.75, 3.05) is 24.7 Å². The molecule has 1 aliphatic rings. The van der Waals surface area contributed by atoms with Crippen molar-refractivity contribution < 1.29 is 17.9 Å². The zero-order valence-corrected chi connectivity index (χ0v) is 21.7. The van der Waals surface area contributed by atoms with E-state index in [9.17, 15) is 13.2 Å². The summed E-state index contributed by atoms with van der Waals surface area (Å²) in [6.07, 6.45) is 7.08. The number of carbonyl (C=O) groups is 1. The number of fused-ring (bicyclic) bond motifs is 1. The lowest BCUT2D eigenvalue weighted by molar-refractivity contribution is 0.0206. The maximum atomic E-state index is 12.5. The van der Waals surface area contributed by atoms with Crippen LogP contribution in [0.3, 0.4) is 0 Å². The average molecular weight is 500 g/mol. The van der Waals surface area contributed by atoms with Gasteiger partial charge in [0, 0.05) is 54.2 Å². The summed E-state index contributed by atoms with van der Waals surface area (Å²) in [4.78, 5) is 27.1. The molecule has 1 atom stereocenters. The number of amides is 1. The summed E-state index contributed by atoms with van der Waals surface area (Å²) in [6, 6.07) is 5.09. The summed E-state index contributed by atoms with van der Waals surface area (Å²) in [5, 5.41) is 4.29. The van der Waals surface area contributed by atoms with Crippen LogP contribution in [0.4, 0.5) is 10.7 Å². The predicted octanol–water partition coefficient (Wildman–Crippen LogP) is 4.40. The molecule has 3 aromatic rings. The number of nitrogens with zero attached hydrogens (tertiary/aromatic N) is 3. The molecule has 35 heavy (non-hydrogen) atoms. The van der Waals surface area contributed by atoms with Gasteiger partial charge in [-0.25, -0.2) is 23.2 Å². The van der Waals surface area contributed by atoms with Crippen LogP contribution in [0, 0.1) is 0 Å². The summed E-state index contributed by atoms with van der Waals surface area (Å²) < 4.78 is 29.4. The highest BCUT2D eigenvalue weighted by atomic mass is 32.2. The van der Waals surface area contributed by atoms with Gasteiger partial charge in [-0.1, -0.05) is 13.0 Å². The number of aryl methyl sites for hydroxylation is 1. The van der Waals surface area contributed by atoms with Crippen LogP contribution in [0.15, 0.2) is 35.5 Å². The Labute approximate surface area is 206 Å². The minimum absolute atomic E-state index is 0.0110. The number of ether oxygens (including phenoxy) is 1. The first-order valence-electron chi connectivity index (χ1n) is 11.9. The average Bonchev–Trinajstić information content (AvgIpc) is 3.21. The lowest BCUT2D eigenvalue weighted by Crippen LogP contribution is -2.47. The summed E-state index contributed by atoms with van der Waals surface area (Å²) in [7, 11) is -3.30. The second-order valence-corrected chi connectivity index (χ2v) is 12.0. The summed E-state index contributed by atoms with van der Waals surface area (Å²) >= 11 is 0. The fraction of sp³-hybridized carbons (Fsp3) is 0.480. The van der Waals surface area contributed by atoms with Gasteiger partial charge in [-0.15, -0.1) is 0 Å². The molecular weight excluding hydrogens is 466 g/mol. The quantitative estimate of drug-likeness (QED) is 0.534. The van der Waals surface area contributed by atoms with Crippen molar-refractivity contribution in [3.05, 3.63) is 36.2 Å². The van der Waals surface area contributed by atoms with Crippen molar-refractivity contribution in [2.45, 2.75) is 63.5 Å². The third-order valence-electron chi connectivity index (χ3n) is 5.99. The SMILES string of the molecule is CCc1cnc(N[C@H]2CCCN(C(=O)OC(C)(C)C)C2)nc1-c1c[nH]c2cc(S(C)(=O)=O)ccc12. The standard InChI is InChI=1S/C25H33N5O4S/c1-6-16-13-27-23(28-17-8-7-11-30(15-17)24(31)34-25(2,3)4)29-22(16)20-14-26-21-12-18(35(5,32)33)9-10-19(20)21/h9-10,12-14,17,26H,6-8,11,15H2,1-5H3,(H,27,28,29)/t17-/m0/s1. The minimum Gasteiger partial charge on any atom is -0.444 e. The highest BCUT2D eigenvalue weighted by Gasteiger charge is 2.28. The topological polar surface area (TPSA) is 117 Å². The number of hydrogen-bond acceptors (Lipinski definition) is 7. The highest BCUT2D eigenvalue weighted by molar-refractivity contribution is 7.90. The Morgan fingerprint density at radius 2 is 2.09 bits per heavy atom. The van der Waals surface area contributed by atoms with Gasteiger partial charge >= 0.3 is 6.09 Å². The van der Waals surface area contributed by atoms with Gasteiger partial charge in [0.15, 0.2) is 9.84 Å². The Morgan fingerprint density at radius 1 is 1.31 bits per heavy atom. The number of benzene rings is 1. The molecule has 3 heterocycles. The van der Waals surface area contributed by atoms with E-state index in [1.54, 1.807) is 17.0 Å². The molecule has 9 nitrogen and oxygen atoms in total. The molecule has 0 saturated carbocycles. The summed E-state index contributed by atoms with van der Waals surface area (Å²) in [5.74, 6) is 0.496. The molecule has 1 aromatic carbocycles. The molecule has 1 fully saturated rings. The van der Waals surface area contributed by atoms with Crippen LogP contribution in [0.2, 0.25) is 0 Å². The van der Waals surface area contributed by atoms with Crippen LogP contribution < -0.4 is 5.32 Å². The molecule has 0 aliphatic carbocycles. The smallest absolute Gasteiger partial charge is 0.410 e. The molecule has 1 aliphatic heterocycles. The van der Waals surface area contributed by atoms with Crippen molar-refractivity contribution in [2.24, 2.45) is 0 Å². The van der Waals surface area contributed by atoms with Crippen LogP contribution in [0.25, 0.3) is 22.2 Å². The molecule has 0 bridgehead atoms. The monoisotopic (exact) mass is 499 g/mol. The fourth-order valence-electron chi connectivity index (χ4n) is 4.27. The molecule has 10 heteroatoms. The second kappa shape index (κ2) is 9.49. The third-order valence-corrected chi connectivity index (χ3v) is 7.10. The number of aromatic nitrogens is 3. The second-order valence-electron chi connectivity index (χ2n) is 10.0. The Bertz CT molecular complexity index is 1340. The van der Waals surface area contributed by atoms with Crippen molar-refractivity contribution in [1.82, 2.24) is 19.9 Å². The number of piperidine rings is 1. The van der Waals surface area contributed by atoms with Crippen molar-refractivity contribution in [3.63, 3.8) is 0 Å². The van der Waals surface area contributed by atoms with E-state index < -0.39 is 15.4 Å². The lowest BCUT2D eigenvalue weighted by Gasteiger charge is -2.34. The zero-order chi connectivity index (χ0) is 25.4. The number of anilines is 1. The number of rotatable bonds is 5. The number of nitrogens with one attached hydrogen (secondary N) is 2. The van der Waals surface area contributed by atoms with Gasteiger partial charge in [0.25, 0.3) is 0 Å². The van der Waals surface area contributed by atoms with E-state index in [2.05, 4.69) is 15.3 Å². The molecule has 1 amide bonds. The van der Waals surface area contributed by atoms with E-state index in [4.69, 9.17) is 9.72 Å². The number of likely N-dealkylation sites (tertiary alicyclic amines) is 1. The fourth-order valence-corrected chi connectivity index (χ4v) is 4.92. The Balaban J connectivity index is 1.59. The molecule has 0 radical (unpaired) electrons. The number of carbonyl (C=O) groups excluding carboxylic acids is 1. The molecule has 2 aromatic heterocycles. The van der Waals surface area contributed by atoms with Crippen LogP contribution in [-0.4, -0.2) is 65.4 Å². The van der Waals surface area contributed by atoms with Gasteiger partial charge in [-0.3, -0.25) is 0 Å². The van der Waals surface area contributed by atoms with Crippen molar-refractivity contribution in [1.29, 1.82) is 0 Å². The summed E-state index contributed by atoms with van der Waals surface area (Å²) in [6.45, 7) is 8.82. The van der Waals surface area contributed by atoms with Gasteiger partial charge in [0.2, 0.25) is 5.95 Å². The van der Waals surface area contributed by atoms with Gasteiger partial charge in [-0.2, -0.15) is 0 Å². The van der Waals surface area contributed by atoms with Crippen LogP contribution in [0.5, 0.6) is 0 Å². The van der Waals surface area contributed by atoms with Gasteiger partial charge in [-0.05, 0) is 57.7 Å². The Morgan fingerprint density at radius 3 is 2.77 bits per heavy atom. The molecule has 4 rings (SSSR count). The molecule has 188 valence electrons. The van der Waals surface area contributed by atoms with E-state index in [0.717, 1.165) is 47.0 Å². The lowest BCUT2D eigenvalue weighted by atomic mass is 10.0. The van der Waals surface area contributed by atoms with Crippen molar-refractivity contribution in [3.8, 4) is 11.3 Å². The maximum Gasteiger partial charge on any atom is 0.410 e. The van der Waals surface area contributed by atoms with E-state index in [1.807, 2.05) is 46.2 Å². The number of sulfone groups is 1. The maximum absolute atomic E-state index is 12.5. The van der Waals surface area contributed by atoms with E-state index in [0.29, 0.717) is 19.0 Å². The first-order valence-corrected chi connectivity index (χ1v) is 13.8. The highest BCUT2D eigenvalue weighted by Crippen LogP contribution is 2.32. The van der Waals surface area contributed by atoms with E-state index in [1.165, 1.54) is 6.26 Å². The molecule has 1 saturated heterocycles. The van der Waals surface area contributed by atoms with Crippen LogP contribution in [-0.2, 0) is 21.0 Å². The first kappa shape index (κ1) is 25.0. The van der Waals surface area contributed by atoms with Crippen molar-refractivity contribution >= 4 is 32.8 Å². The molecule has 0 spiro atoms. The third kappa shape index (κ3) is 5.75. The molecule has 2 N–H and O–H groups in total. The van der Waals surface area contributed by atoms with E-state index >= 15 is 0 Å². The molecule has 0 unspecified atom stereocenters. The van der Waals surface area contributed by atoms with Gasteiger partial charge < -0.3 is 19.9 Å². The normalized spacial score (nSPS) is 16.9. The van der Waals surface area contributed by atoms with Gasteiger partial charge in [0.1, 0.15) is 5.60 Å². The summed E-state index contributed by atoms with van der Waals surface area (Å²) in [5.41, 5.74) is 2.87. The minimum atomic E-state index is -3.30. The zero-order valence-electron chi connectivity index (χ0n) is 20.9. The number of hydrogen-bond donors (Lipinski definition) is 2. The van der Waals surface area contributed by atoms with Gasteiger partial charge in [0.05, 0.1) is 10.6 Å². The number of H-pyrrole nitrogens is 1. The van der Waals surface area contributed by atoms with Crippen LogP contribution in [0.1, 0.15) is 46.1 Å². The Kier molecular flexibility index (Phi) is 6.77. The Hall–Kier alpha value is -3.14. The molecular formula is C25H33N5O4S.